The van der Waals surface area contributed by atoms with Gasteiger partial charge in [-0.3, -0.25) is 9.59 Å². The first-order chi connectivity index (χ1) is 10.6. The average molecular weight is 317 g/mol. The van der Waals surface area contributed by atoms with E-state index >= 15 is 0 Å². The van der Waals surface area contributed by atoms with Crippen molar-refractivity contribution in [2.45, 2.75) is 52.2 Å². The lowest BCUT2D eigenvalue weighted by Gasteiger charge is -2.35. The Kier molecular flexibility index (Phi) is 3.34. The molecule has 124 valence electrons. The maximum Gasteiger partial charge on any atom is 0.313 e. The molecule has 5 nitrogen and oxygen atoms in total. The SMILES string of the molecule is CC(O)c1cccc(NC(=O)C23CCC(C)(C(=O)O2)C3(C)C)c1. The molecule has 3 atom stereocenters. The molecular weight excluding hydrogens is 294 g/mol. The zero-order valence-corrected chi connectivity index (χ0v) is 14.0. The summed E-state index contributed by atoms with van der Waals surface area (Å²) in [5.41, 5.74) is -0.997. The van der Waals surface area contributed by atoms with Gasteiger partial charge in [0.25, 0.3) is 5.91 Å². The van der Waals surface area contributed by atoms with Gasteiger partial charge in [0, 0.05) is 11.1 Å². The number of benzene rings is 1. The summed E-state index contributed by atoms with van der Waals surface area (Å²) in [5.74, 6) is -0.582. The number of hydrogen-bond acceptors (Lipinski definition) is 4. The van der Waals surface area contributed by atoms with Gasteiger partial charge in [0.05, 0.1) is 11.5 Å². The van der Waals surface area contributed by atoms with Crippen LogP contribution in [0, 0.1) is 10.8 Å². The predicted molar refractivity (Wildman–Crippen MR) is 85.7 cm³/mol. The van der Waals surface area contributed by atoms with Crippen LogP contribution in [0.2, 0.25) is 0 Å². The number of carbonyl (C=O) groups is 2. The van der Waals surface area contributed by atoms with Gasteiger partial charge in [-0.05, 0) is 44.4 Å². The Labute approximate surface area is 136 Å². The highest BCUT2D eigenvalue weighted by Gasteiger charge is 2.75. The van der Waals surface area contributed by atoms with Crippen LogP contribution in [0.4, 0.5) is 5.69 Å². The zero-order chi connectivity index (χ0) is 17.0. The van der Waals surface area contributed by atoms with E-state index in [1.807, 2.05) is 20.8 Å². The fourth-order valence-electron chi connectivity index (χ4n) is 3.86. The maximum atomic E-state index is 12.9. The molecule has 1 saturated heterocycles. The van der Waals surface area contributed by atoms with Crippen LogP contribution in [0.25, 0.3) is 0 Å². The van der Waals surface area contributed by atoms with E-state index in [1.54, 1.807) is 31.2 Å². The zero-order valence-electron chi connectivity index (χ0n) is 14.0. The summed E-state index contributed by atoms with van der Waals surface area (Å²) in [5, 5.41) is 12.5. The lowest BCUT2D eigenvalue weighted by atomic mass is 9.66. The van der Waals surface area contributed by atoms with E-state index in [0.29, 0.717) is 18.5 Å². The van der Waals surface area contributed by atoms with Gasteiger partial charge in [-0.2, -0.15) is 0 Å². The first-order valence-corrected chi connectivity index (χ1v) is 7.97. The van der Waals surface area contributed by atoms with Crippen molar-refractivity contribution in [2.75, 3.05) is 5.32 Å². The minimum atomic E-state index is -1.13. The van der Waals surface area contributed by atoms with Crippen molar-refractivity contribution in [3.8, 4) is 0 Å². The van der Waals surface area contributed by atoms with Gasteiger partial charge in [0.2, 0.25) is 0 Å². The van der Waals surface area contributed by atoms with Crippen LogP contribution in [0.5, 0.6) is 0 Å². The monoisotopic (exact) mass is 317 g/mol. The molecule has 1 heterocycles. The van der Waals surface area contributed by atoms with Gasteiger partial charge >= 0.3 is 5.97 Å². The molecule has 2 fully saturated rings. The second-order valence-electron chi connectivity index (χ2n) is 7.43. The molecule has 23 heavy (non-hydrogen) atoms. The second kappa shape index (κ2) is 4.81. The molecule has 2 aliphatic rings. The lowest BCUT2D eigenvalue weighted by molar-refractivity contribution is -0.165. The maximum absolute atomic E-state index is 12.9. The minimum absolute atomic E-state index is 0.290. The Balaban J connectivity index is 1.90. The van der Waals surface area contributed by atoms with Crippen molar-refractivity contribution in [1.82, 2.24) is 0 Å². The molecule has 0 radical (unpaired) electrons. The first kappa shape index (κ1) is 16.0. The number of aliphatic hydroxyl groups excluding tert-OH is 1. The van der Waals surface area contributed by atoms with Gasteiger partial charge in [-0.1, -0.05) is 26.0 Å². The van der Waals surface area contributed by atoms with Gasteiger partial charge in [0.1, 0.15) is 0 Å². The Morgan fingerprint density at radius 1 is 1.30 bits per heavy atom. The number of rotatable bonds is 3. The quantitative estimate of drug-likeness (QED) is 0.841. The smallest absolute Gasteiger partial charge is 0.313 e. The molecule has 1 aromatic rings. The summed E-state index contributed by atoms with van der Waals surface area (Å²) < 4.78 is 5.58. The van der Waals surface area contributed by atoms with Crippen molar-refractivity contribution < 1.29 is 19.4 Å². The Bertz CT molecular complexity index is 681. The summed E-state index contributed by atoms with van der Waals surface area (Å²) in [6, 6.07) is 7.07. The summed E-state index contributed by atoms with van der Waals surface area (Å²) >= 11 is 0. The number of fused-ring (bicyclic) bond motifs is 2. The highest BCUT2D eigenvalue weighted by atomic mass is 16.6. The first-order valence-electron chi connectivity index (χ1n) is 7.97. The van der Waals surface area contributed by atoms with Crippen molar-refractivity contribution in [2.24, 2.45) is 10.8 Å². The van der Waals surface area contributed by atoms with Gasteiger partial charge in [-0.15, -0.1) is 0 Å². The second-order valence-corrected chi connectivity index (χ2v) is 7.43. The molecule has 1 aliphatic heterocycles. The van der Waals surface area contributed by atoms with E-state index in [-0.39, 0.29) is 11.9 Å². The normalized spacial score (nSPS) is 32.5. The predicted octanol–water partition coefficient (Wildman–Crippen LogP) is 2.80. The van der Waals surface area contributed by atoms with Crippen molar-refractivity contribution in [3.05, 3.63) is 29.8 Å². The molecule has 3 rings (SSSR count). The fourth-order valence-corrected chi connectivity index (χ4v) is 3.86. The molecule has 2 bridgehead atoms. The Morgan fingerprint density at radius 3 is 2.52 bits per heavy atom. The largest absolute Gasteiger partial charge is 0.448 e. The Morgan fingerprint density at radius 2 is 2.00 bits per heavy atom. The van der Waals surface area contributed by atoms with Crippen LogP contribution in [-0.4, -0.2) is 22.6 Å². The van der Waals surface area contributed by atoms with E-state index in [4.69, 9.17) is 4.74 Å². The number of esters is 1. The number of ether oxygens (including phenoxy) is 1. The van der Waals surface area contributed by atoms with Crippen LogP contribution in [-0.2, 0) is 14.3 Å². The number of nitrogens with one attached hydrogen (secondary N) is 1. The van der Waals surface area contributed by atoms with Crippen LogP contribution >= 0.6 is 0 Å². The summed E-state index contributed by atoms with van der Waals surface area (Å²) in [6.45, 7) is 7.41. The number of aliphatic hydroxyl groups is 1. The molecule has 1 amide bonds. The summed E-state index contributed by atoms with van der Waals surface area (Å²) in [6.07, 6.45) is 0.574. The standard InChI is InChI=1S/C18H23NO4/c1-11(20)12-6-5-7-13(10-12)19-14(21)18-9-8-17(4,15(22)23-18)16(18,2)3/h5-7,10-11,20H,8-9H2,1-4H3,(H,19,21). The van der Waals surface area contributed by atoms with Crippen LogP contribution in [0.3, 0.4) is 0 Å². The molecule has 1 aromatic carbocycles. The highest BCUT2D eigenvalue weighted by Crippen LogP contribution is 2.65. The molecule has 2 N–H and O–H groups in total. The van der Waals surface area contributed by atoms with E-state index in [0.717, 1.165) is 5.56 Å². The molecule has 0 aromatic heterocycles. The third kappa shape index (κ3) is 1.96. The number of anilines is 1. The minimum Gasteiger partial charge on any atom is -0.448 e. The third-order valence-corrected chi connectivity index (χ3v) is 6.08. The molecule has 1 saturated carbocycles. The number of amides is 1. The number of carbonyl (C=O) groups excluding carboxylic acids is 2. The van der Waals surface area contributed by atoms with Gasteiger partial charge in [-0.25, -0.2) is 0 Å². The van der Waals surface area contributed by atoms with Crippen molar-refractivity contribution >= 4 is 17.6 Å². The third-order valence-electron chi connectivity index (χ3n) is 6.08. The van der Waals surface area contributed by atoms with Crippen LogP contribution in [0.15, 0.2) is 24.3 Å². The van der Waals surface area contributed by atoms with Crippen molar-refractivity contribution in [1.29, 1.82) is 0 Å². The molecule has 3 unspecified atom stereocenters. The molecule has 0 spiro atoms. The molecule has 1 aliphatic carbocycles. The number of hydrogen-bond donors (Lipinski definition) is 2. The van der Waals surface area contributed by atoms with E-state index in [2.05, 4.69) is 5.32 Å². The fraction of sp³-hybridized carbons (Fsp3) is 0.556. The highest BCUT2D eigenvalue weighted by molar-refractivity contribution is 6.03. The summed E-state index contributed by atoms with van der Waals surface area (Å²) in [7, 11) is 0. The molecular formula is C18H23NO4. The lowest BCUT2D eigenvalue weighted by Crippen LogP contribution is -2.50. The topological polar surface area (TPSA) is 75.6 Å². The van der Waals surface area contributed by atoms with Gasteiger partial charge in [0.15, 0.2) is 5.60 Å². The van der Waals surface area contributed by atoms with Crippen LogP contribution < -0.4 is 5.32 Å². The van der Waals surface area contributed by atoms with E-state index < -0.39 is 22.5 Å². The van der Waals surface area contributed by atoms with E-state index in [9.17, 15) is 14.7 Å². The van der Waals surface area contributed by atoms with Crippen molar-refractivity contribution in [3.63, 3.8) is 0 Å². The van der Waals surface area contributed by atoms with Gasteiger partial charge < -0.3 is 15.2 Å². The Hall–Kier alpha value is -1.88. The van der Waals surface area contributed by atoms with E-state index in [1.165, 1.54) is 0 Å². The van der Waals surface area contributed by atoms with Crippen LogP contribution in [0.1, 0.15) is 52.2 Å². The summed E-state index contributed by atoms with van der Waals surface area (Å²) in [4.78, 5) is 25.2. The average Bonchev–Trinajstić information content (AvgIpc) is 2.78. The molecule has 5 heteroatoms.